The van der Waals surface area contributed by atoms with E-state index in [2.05, 4.69) is 32.7 Å². The molecule has 9 heteroatoms. The van der Waals surface area contributed by atoms with Crippen LogP contribution in [0.3, 0.4) is 0 Å². The lowest BCUT2D eigenvalue weighted by atomic mass is 10.2. The maximum absolute atomic E-state index is 12.6. The van der Waals surface area contributed by atoms with Crippen molar-refractivity contribution in [2.45, 2.75) is 11.2 Å². The van der Waals surface area contributed by atoms with Gasteiger partial charge in [0.1, 0.15) is 5.75 Å². The molecule has 0 aliphatic carbocycles. The summed E-state index contributed by atoms with van der Waals surface area (Å²) in [4.78, 5) is 20.7. The average Bonchev–Trinajstić information content (AvgIpc) is 3.51. The fourth-order valence-electron chi connectivity index (χ4n) is 3.52. The minimum Gasteiger partial charge on any atom is -0.497 e. The van der Waals surface area contributed by atoms with Crippen LogP contribution in [0.25, 0.3) is 5.69 Å². The number of ether oxygens (including phenoxy) is 2. The zero-order valence-electron chi connectivity index (χ0n) is 17.4. The van der Waals surface area contributed by atoms with Gasteiger partial charge in [0.05, 0.1) is 37.8 Å². The van der Waals surface area contributed by atoms with Crippen molar-refractivity contribution in [1.82, 2.24) is 19.8 Å². The van der Waals surface area contributed by atoms with Gasteiger partial charge in [0.25, 0.3) is 0 Å². The van der Waals surface area contributed by atoms with Crippen LogP contribution in [0.1, 0.15) is 10.9 Å². The number of aromatic nitrogens is 2. The Morgan fingerprint density at radius 2 is 2.19 bits per heavy atom. The first-order valence-electron chi connectivity index (χ1n) is 10.2. The van der Waals surface area contributed by atoms with Crippen LogP contribution in [0.4, 0.5) is 0 Å². The second kappa shape index (κ2) is 10.8. The van der Waals surface area contributed by atoms with E-state index in [1.165, 1.54) is 16.6 Å². The predicted molar refractivity (Wildman–Crippen MR) is 123 cm³/mol. The van der Waals surface area contributed by atoms with Gasteiger partial charge in [-0.05, 0) is 23.6 Å². The lowest BCUT2D eigenvalue weighted by Crippen LogP contribution is -2.43. The molecule has 31 heavy (non-hydrogen) atoms. The fourth-order valence-corrected chi connectivity index (χ4v) is 5.19. The molecule has 1 fully saturated rings. The number of morpholine rings is 1. The molecule has 2 aromatic heterocycles. The van der Waals surface area contributed by atoms with Crippen molar-refractivity contribution in [3.05, 3.63) is 59.0 Å². The monoisotopic (exact) mass is 458 g/mol. The normalized spacial score (nSPS) is 15.5. The predicted octanol–water partition coefficient (Wildman–Crippen LogP) is 3.22. The van der Waals surface area contributed by atoms with Gasteiger partial charge >= 0.3 is 0 Å². The highest BCUT2D eigenvalue weighted by atomic mass is 32.2. The van der Waals surface area contributed by atoms with Crippen LogP contribution in [0.5, 0.6) is 5.75 Å². The van der Waals surface area contributed by atoms with Crippen molar-refractivity contribution >= 4 is 29.0 Å². The topological polar surface area (TPSA) is 68.6 Å². The van der Waals surface area contributed by atoms with Gasteiger partial charge in [-0.2, -0.15) is 0 Å². The summed E-state index contributed by atoms with van der Waals surface area (Å²) in [6, 6.07) is 12.1. The van der Waals surface area contributed by atoms with Crippen molar-refractivity contribution in [3.63, 3.8) is 0 Å². The van der Waals surface area contributed by atoms with Crippen molar-refractivity contribution in [1.29, 1.82) is 0 Å². The number of hydrogen-bond acceptors (Lipinski definition) is 7. The average molecular weight is 459 g/mol. The van der Waals surface area contributed by atoms with E-state index in [1.54, 1.807) is 24.6 Å². The number of imidazole rings is 1. The highest BCUT2D eigenvalue weighted by molar-refractivity contribution is 7.99. The molecule has 1 aliphatic heterocycles. The number of amides is 1. The van der Waals surface area contributed by atoms with E-state index in [1.807, 2.05) is 35.0 Å². The van der Waals surface area contributed by atoms with Crippen LogP contribution in [0.15, 0.2) is 59.3 Å². The SMILES string of the molecule is COc1cccc(-n2ccnc2SCC(=O)NCC(c2cccs2)N2CCOCC2)c1. The number of nitrogens with zero attached hydrogens (tertiary/aromatic N) is 3. The number of thioether (sulfide) groups is 1. The molecule has 4 rings (SSSR count). The third kappa shape index (κ3) is 5.68. The summed E-state index contributed by atoms with van der Waals surface area (Å²) >= 11 is 3.15. The van der Waals surface area contributed by atoms with Crippen LogP contribution in [0, 0.1) is 0 Å². The van der Waals surface area contributed by atoms with Crippen molar-refractivity contribution in [3.8, 4) is 11.4 Å². The quantitative estimate of drug-likeness (QED) is 0.497. The summed E-state index contributed by atoms with van der Waals surface area (Å²) in [5.74, 6) is 1.09. The van der Waals surface area contributed by atoms with E-state index >= 15 is 0 Å². The van der Waals surface area contributed by atoms with Crippen LogP contribution in [-0.4, -0.2) is 66.1 Å². The van der Waals surface area contributed by atoms with E-state index in [0.29, 0.717) is 12.3 Å². The molecule has 0 saturated carbocycles. The number of methoxy groups -OCH3 is 1. The Labute approximate surface area is 190 Å². The standard InChI is InChI=1S/C22H26N4O3S2/c1-28-18-5-2-4-17(14-18)26-8-7-23-22(26)31-16-21(27)24-15-19(20-6-3-13-30-20)25-9-11-29-12-10-25/h2-8,13-14,19H,9-12,15-16H2,1H3,(H,24,27). The van der Waals surface area contributed by atoms with Crippen LogP contribution in [-0.2, 0) is 9.53 Å². The minimum atomic E-state index is 0.00000722. The molecule has 1 amide bonds. The Kier molecular flexibility index (Phi) is 7.63. The van der Waals surface area contributed by atoms with E-state index in [4.69, 9.17) is 9.47 Å². The zero-order chi connectivity index (χ0) is 21.5. The smallest absolute Gasteiger partial charge is 0.230 e. The van der Waals surface area contributed by atoms with Crippen molar-refractivity contribution in [2.24, 2.45) is 0 Å². The summed E-state index contributed by atoms with van der Waals surface area (Å²) in [6.07, 6.45) is 3.63. The lowest BCUT2D eigenvalue weighted by molar-refractivity contribution is -0.118. The minimum absolute atomic E-state index is 0.00000722. The Morgan fingerprint density at radius 1 is 1.32 bits per heavy atom. The zero-order valence-corrected chi connectivity index (χ0v) is 19.0. The van der Waals surface area contributed by atoms with Gasteiger partial charge in [-0.15, -0.1) is 11.3 Å². The first kappa shape index (κ1) is 21.9. The first-order chi connectivity index (χ1) is 15.2. The van der Waals surface area contributed by atoms with Crippen LogP contribution >= 0.6 is 23.1 Å². The molecule has 1 N–H and O–H groups in total. The molecule has 1 unspecified atom stereocenters. The summed E-state index contributed by atoms with van der Waals surface area (Å²) in [6.45, 7) is 3.82. The molecule has 0 radical (unpaired) electrons. The van der Waals surface area contributed by atoms with Gasteiger partial charge in [0.2, 0.25) is 5.91 Å². The highest BCUT2D eigenvalue weighted by Crippen LogP contribution is 2.26. The van der Waals surface area contributed by atoms with E-state index in [-0.39, 0.29) is 11.9 Å². The summed E-state index contributed by atoms with van der Waals surface area (Å²) < 4.78 is 12.8. The largest absolute Gasteiger partial charge is 0.497 e. The third-order valence-corrected chi connectivity index (χ3v) is 7.06. The van der Waals surface area contributed by atoms with Crippen LogP contribution in [0.2, 0.25) is 0 Å². The van der Waals surface area contributed by atoms with Crippen molar-refractivity contribution < 1.29 is 14.3 Å². The van der Waals surface area contributed by atoms with Gasteiger partial charge in [-0.3, -0.25) is 14.3 Å². The summed E-state index contributed by atoms with van der Waals surface area (Å²) in [5, 5.41) is 5.97. The second-order valence-electron chi connectivity index (χ2n) is 7.05. The van der Waals surface area contributed by atoms with E-state index in [9.17, 15) is 4.79 Å². The highest BCUT2D eigenvalue weighted by Gasteiger charge is 2.24. The summed E-state index contributed by atoms with van der Waals surface area (Å²) in [5.41, 5.74) is 0.949. The first-order valence-corrected chi connectivity index (χ1v) is 12.0. The molecule has 0 spiro atoms. The number of thiophene rings is 1. The van der Waals surface area contributed by atoms with Gasteiger partial charge in [-0.1, -0.05) is 23.9 Å². The lowest BCUT2D eigenvalue weighted by Gasteiger charge is -2.34. The number of nitrogens with one attached hydrogen (secondary N) is 1. The molecule has 3 heterocycles. The van der Waals surface area contributed by atoms with Crippen LogP contribution < -0.4 is 10.1 Å². The Bertz CT molecular complexity index is 971. The molecule has 1 aliphatic rings. The number of hydrogen-bond donors (Lipinski definition) is 1. The third-order valence-electron chi connectivity index (χ3n) is 5.12. The molecule has 1 aromatic carbocycles. The Morgan fingerprint density at radius 3 is 2.97 bits per heavy atom. The number of rotatable bonds is 9. The van der Waals surface area contributed by atoms with Gasteiger partial charge in [0.15, 0.2) is 5.16 Å². The Balaban J connectivity index is 1.34. The second-order valence-corrected chi connectivity index (χ2v) is 8.98. The van der Waals surface area contributed by atoms with Gasteiger partial charge in [0, 0.05) is 43.0 Å². The maximum atomic E-state index is 12.6. The molecule has 1 saturated heterocycles. The van der Waals surface area contributed by atoms with Gasteiger partial charge < -0.3 is 14.8 Å². The molecule has 7 nitrogen and oxygen atoms in total. The number of carbonyl (C=O) groups is 1. The molecule has 3 aromatic rings. The summed E-state index contributed by atoms with van der Waals surface area (Å²) in [7, 11) is 1.65. The molecular weight excluding hydrogens is 432 g/mol. The molecule has 164 valence electrons. The fraction of sp³-hybridized carbons (Fsp3) is 0.364. The van der Waals surface area contributed by atoms with Crippen molar-refractivity contribution in [2.75, 3.05) is 45.7 Å². The number of carbonyl (C=O) groups excluding carboxylic acids is 1. The Hall–Kier alpha value is -2.33. The number of benzene rings is 1. The maximum Gasteiger partial charge on any atom is 0.230 e. The van der Waals surface area contributed by atoms with E-state index in [0.717, 1.165) is 42.9 Å². The van der Waals surface area contributed by atoms with Gasteiger partial charge in [-0.25, -0.2) is 4.98 Å². The molecule has 1 atom stereocenters. The van der Waals surface area contributed by atoms with E-state index < -0.39 is 0 Å². The molecular formula is C22H26N4O3S2. The molecule has 0 bridgehead atoms.